The fraction of sp³-hybridized carbons (Fsp3) is 0.632. The number of hydrogen-bond acceptors (Lipinski definition) is 1. The fourth-order valence-corrected chi connectivity index (χ4v) is 1.93. The Morgan fingerprint density at radius 3 is 2.10 bits per heavy atom. The summed E-state index contributed by atoms with van der Waals surface area (Å²) in [5.41, 5.74) is 0. The van der Waals surface area contributed by atoms with Crippen LogP contribution >= 0.6 is 0 Å². The highest BCUT2D eigenvalue weighted by Crippen LogP contribution is 2.05. The Bertz CT molecular complexity index is 297. The molecule has 0 aromatic heterocycles. The number of Topliss-reactive ketones (excluding diaryl/α,β-unsaturated/α-hetero) is 1. The molecule has 0 aromatic rings. The molecule has 0 saturated carbocycles. The van der Waals surface area contributed by atoms with Gasteiger partial charge in [0.25, 0.3) is 0 Å². The molecule has 0 heterocycles. The highest BCUT2D eigenvalue weighted by Gasteiger charge is 1.94. The van der Waals surface area contributed by atoms with Crippen LogP contribution in [0.3, 0.4) is 0 Å². The molecule has 0 aliphatic heterocycles. The number of carbonyl (C=O) groups is 1. The molecular formula is C19H32O. The molecule has 0 spiro atoms. The quantitative estimate of drug-likeness (QED) is 0.290. The highest BCUT2D eigenvalue weighted by molar-refractivity contribution is 5.81. The van der Waals surface area contributed by atoms with Crippen LogP contribution in [0.1, 0.15) is 78.1 Å². The molecule has 0 radical (unpaired) electrons. The Labute approximate surface area is 125 Å². The van der Waals surface area contributed by atoms with E-state index < -0.39 is 0 Å². The van der Waals surface area contributed by atoms with Crippen LogP contribution in [0.2, 0.25) is 0 Å². The molecule has 0 amide bonds. The molecule has 0 atom stereocenters. The minimum absolute atomic E-state index is 0.308. The summed E-state index contributed by atoms with van der Waals surface area (Å²) in [6, 6.07) is 0. The van der Waals surface area contributed by atoms with Crippen molar-refractivity contribution < 1.29 is 4.79 Å². The van der Waals surface area contributed by atoms with Gasteiger partial charge in [-0.05, 0) is 25.7 Å². The van der Waals surface area contributed by atoms with Gasteiger partial charge in [-0.15, -0.1) is 0 Å². The van der Waals surface area contributed by atoms with Crippen LogP contribution in [0.15, 0.2) is 36.5 Å². The van der Waals surface area contributed by atoms with Gasteiger partial charge >= 0.3 is 0 Å². The van der Waals surface area contributed by atoms with Crippen LogP contribution in [0.4, 0.5) is 0 Å². The van der Waals surface area contributed by atoms with Crippen LogP contribution < -0.4 is 0 Å². The lowest BCUT2D eigenvalue weighted by Gasteiger charge is -1.96. The first-order valence-electron chi connectivity index (χ1n) is 8.27. The maximum atomic E-state index is 11.6. The number of unbranched alkanes of at least 4 members (excludes halogenated alkanes) is 5. The van der Waals surface area contributed by atoms with Gasteiger partial charge in [0.2, 0.25) is 0 Å². The summed E-state index contributed by atoms with van der Waals surface area (Å²) in [6.45, 7) is 4.36. The second-order valence-electron chi connectivity index (χ2n) is 5.21. The predicted octanol–water partition coefficient (Wildman–Crippen LogP) is 6.16. The number of rotatable bonds is 13. The normalized spacial score (nSPS) is 12.1. The fourth-order valence-electron chi connectivity index (χ4n) is 1.93. The minimum Gasteiger partial charge on any atom is -0.299 e. The maximum absolute atomic E-state index is 11.6. The first kappa shape index (κ1) is 18.9. The van der Waals surface area contributed by atoms with Crippen molar-refractivity contribution in [2.75, 3.05) is 0 Å². The Balaban J connectivity index is 3.45. The zero-order valence-electron chi connectivity index (χ0n) is 13.4. The second kappa shape index (κ2) is 15.9. The molecular weight excluding hydrogens is 244 g/mol. The lowest BCUT2D eigenvalue weighted by Crippen LogP contribution is -1.92. The van der Waals surface area contributed by atoms with E-state index in [0.29, 0.717) is 18.6 Å². The average molecular weight is 276 g/mol. The monoisotopic (exact) mass is 276 g/mol. The molecule has 0 aromatic carbocycles. The average Bonchev–Trinajstić information content (AvgIpc) is 2.45. The van der Waals surface area contributed by atoms with E-state index in [2.05, 4.69) is 38.2 Å². The van der Waals surface area contributed by atoms with Crippen molar-refractivity contribution in [3.63, 3.8) is 0 Å². The molecule has 20 heavy (non-hydrogen) atoms. The lowest BCUT2D eigenvalue weighted by atomic mass is 10.1. The zero-order valence-corrected chi connectivity index (χ0v) is 13.4. The van der Waals surface area contributed by atoms with Crippen molar-refractivity contribution >= 4 is 5.78 Å². The van der Waals surface area contributed by atoms with Gasteiger partial charge in [0, 0.05) is 12.8 Å². The summed E-state index contributed by atoms with van der Waals surface area (Å²) < 4.78 is 0. The smallest absolute Gasteiger partial charge is 0.140 e. The van der Waals surface area contributed by atoms with Crippen LogP contribution in [-0.4, -0.2) is 5.78 Å². The molecule has 0 saturated heterocycles. The van der Waals surface area contributed by atoms with Crippen LogP contribution in [-0.2, 0) is 4.79 Å². The summed E-state index contributed by atoms with van der Waals surface area (Å²) in [5.74, 6) is 0.308. The standard InChI is InChI=1S/C19H32O/c1-3-5-7-9-11-12-14-16-18-19(20)17-15-13-10-8-6-4-2/h6,8,13-16H,3-5,7,9-12,17-18H2,1-2H3/b8-6-,15-13-,16-14+. The molecule has 1 heteroatoms. The van der Waals surface area contributed by atoms with E-state index in [9.17, 15) is 4.79 Å². The Hall–Kier alpha value is -1.11. The van der Waals surface area contributed by atoms with Gasteiger partial charge < -0.3 is 0 Å². The lowest BCUT2D eigenvalue weighted by molar-refractivity contribution is -0.117. The Kier molecular flexibility index (Phi) is 15.1. The number of ketones is 1. The molecule has 0 fully saturated rings. The van der Waals surface area contributed by atoms with Crippen molar-refractivity contribution in [3.05, 3.63) is 36.5 Å². The van der Waals surface area contributed by atoms with Gasteiger partial charge in [-0.2, -0.15) is 0 Å². The summed E-state index contributed by atoms with van der Waals surface area (Å²) in [5, 5.41) is 0. The molecule has 0 unspecified atom stereocenters. The zero-order chi connectivity index (χ0) is 14.9. The van der Waals surface area contributed by atoms with Crippen LogP contribution in [0, 0.1) is 0 Å². The van der Waals surface area contributed by atoms with Gasteiger partial charge in [-0.3, -0.25) is 4.79 Å². The van der Waals surface area contributed by atoms with Gasteiger partial charge in [-0.1, -0.05) is 76.0 Å². The number of carbonyl (C=O) groups excluding carboxylic acids is 1. The summed E-state index contributed by atoms with van der Waals surface area (Å²) in [4.78, 5) is 11.6. The largest absolute Gasteiger partial charge is 0.299 e. The molecule has 0 aliphatic carbocycles. The van der Waals surface area contributed by atoms with Gasteiger partial charge in [0.05, 0.1) is 0 Å². The first-order valence-corrected chi connectivity index (χ1v) is 8.27. The molecule has 0 aliphatic rings. The van der Waals surface area contributed by atoms with E-state index in [-0.39, 0.29) is 0 Å². The first-order chi connectivity index (χ1) is 9.81. The number of allylic oxidation sites excluding steroid dienone is 6. The Morgan fingerprint density at radius 1 is 0.750 bits per heavy atom. The summed E-state index contributed by atoms with van der Waals surface area (Å²) in [7, 11) is 0. The Morgan fingerprint density at radius 2 is 1.40 bits per heavy atom. The summed E-state index contributed by atoms with van der Waals surface area (Å²) in [6.07, 6.45) is 23.4. The molecule has 0 N–H and O–H groups in total. The van der Waals surface area contributed by atoms with Crippen molar-refractivity contribution in [1.29, 1.82) is 0 Å². The van der Waals surface area contributed by atoms with E-state index >= 15 is 0 Å². The summed E-state index contributed by atoms with van der Waals surface area (Å²) >= 11 is 0. The topological polar surface area (TPSA) is 17.1 Å². The molecule has 1 nitrogen and oxygen atoms in total. The van der Waals surface area contributed by atoms with Crippen molar-refractivity contribution in [2.24, 2.45) is 0 Å². The van der Waals surface area contributed by atoms with E-state index in [1.54, 1.807) is 0 Å². The SMILES string of the molecule is CC/C=C\C/C=C\CC(=O)C/C=C/CCCCCCC. The third-order valence-corrected chi connectivity index (χ3v) is 3.17. The van der Waals surface area contributed by atoms with Gasteiger partial charge in [0.1, 0.15) is 5.78 Å². The van der Waals surface area contributed by atoms with Crippen LogP contribution in [0.25, 0.3) is 0 Å². The minimum atomic E-state index is 0.308. The molecule has 114 valence electrons. The van der Waals surface area contributed by atoms with Crippen molar-refractivity contribution in [3.8, 4) is 0 Å². The number of hydrogen-bond donors (Lipinski definition) is 0. The van der Waals surface area contributed by atoms with Crippen molar-refractivity contribution in [1.82, 2.24) is 0 Å². The van der Waals surface area contributed by atoms with E-state index in [4.69, 9.17) is 0 Å². The van der Waals surface area contributed by atoms with E-state index in [0.717, 1.165) is 19.3 Å². The van der Waals surface area contributed by atoms with Crippen LogP contribution in [0.5, 0.6) is 0 Å². The van der Waals surface area contributed by atoms with Crippen molar-refractivity contribution in [2.45, 2.75) is 78.1 Å². The second-order valence-corrected chi connectivity index (χ2v) is 5.21. The third kappa shape index (κ3) is 14.9. The van der Waals surface area contributed by atoms with Gasteiger partial charge in [0.15, 0.2) is 0 Å². The molecule has 0 bridgehead atoms. The van der Waals surface area contributed by atoms with E-state index in [1.807, 2.05) is 12.2 Å². The maximum Gasteiger partial charge on any atom is 0.140 e. The highest BCUT2D eigenvalue weighted by atomic mass is 16.1. The predicted molar refractivity (Wildman–Crippen MR) is 89.9 cm³/mol. The van der Waals surface area contributed by atoms with Gasteiger partial charge in [-0.25, -0.2) is 0 Å². The molecule has 0 rings (SSSR count). The van der Waals surface area contributed by atoms with E-state index in [1.165, 1.54) is 32.1 Å². The third-order valence-electron chi connectivity index (χ3n) is 3.17.